The van der Waals surface area contributed by atoms with Crippen LogP contribution in [0, 0.1) is 0 Å². The van der Waals surface area contributed by atoms with E-state index in [1.165, 1.54) is 54.7 Å². The standard InChI is InChI=1S/C60H50N4/c1-59(2,3)42-30-33-56-48(36-42)49-37-43(60(4,5)6)31-34-57(49)64(56)55-32-29-41(58-61-50(39-19-9-7-10-20-39)38-51(62-58)40-21-11-8-12-22-40)35-47(55)46-25-15-18-28-54(46)63-52-26-16-13-23-44(52)45-24-14-17-27-53(45)63/h7-38H,1-6H3. The number of nitrogens with zero attached hydrogens (tertiary/aromatic N) is 4. The molecule has 8 aromatic carbocycles. The normalized spacial score (nSPS) is 12.2. The fourth-order valence-corrected chi connectivity index (χ4v) is 9.47. The van der Waals surface area contributed by atoms with Gasteiger partial charge in [0.25, 0.3) is 0 Å². The van der Waals surface area contributed by atoms with Gasteiger partial charge >= 0.3 is 0 Å². The summed E-state index contributed by atoms with van der Waals surface area (Å²) < 4.78 is 4.93. The Morgan fingerprint density at radius 1 is 0.328 bits per heavy atom. The molecule has 3 heterocycles. The molecule has 64 heavy (non-hydrogen) atoms. The maximum absolute atomic E-state index is 5.32. The lowest BCUT2D eigenvalue weighted by Crippen LogP contribution is -2.10. The molecule has 0 saturated heterocycles. The van der Waals surface area contributed by atoms with Crippen molar-refractivity contribution < 1.29 is 0 Å². The van der Waals surface area contributed by atoms with E-state index in [2.05, 4.69) is 233 Å². The minimum absolute atomic E-state index is 0.00873. The van der Waals surface area contributed by atoms with Gasteiger partial charge in [0, 0.05) is 49.4 Å². The molecule has 0 spiro atoms. The monoisotopic (exact) mass is 826 g/mol. The number of hydrogen-bond acceptors (Lipinski definition) is 2. The Morgan fingerprint density at radius 2 is 0.766 bits per heavy atom. The third-order valence-electron chi connectivity index (χ3n) is 12.9. The van der Waals surface area contributed by atoms with Crippen molar-refractivity contribution in [1.82, 2.24) is 19.1 Å². The second-order valence-corrected chi connectivity index (χ2v) is 19.1. The third-order valence-corrected chi connectivity index (χ3v) is 12.9. The molecule has 0 fully saturated rings. The summed E-state index contributed by atoms with van der Waals surface area (Å²) >= 11 is 0. The average Bonchev–Trinajstić information content (AvgIpc) is 3.83. The maximum atomic E-state index is 5.32. The summed E-state index contributed by atoms with van der Waals surface area (Å²) in [5.41, 5.74) is 16.5. The summed E-state index contributed by atoms with van der Waals surface area (Å²) in [7, 11) is 0. The highest BCUT2D eigenvalue weighted by Gasteiger charge is 2.24. The lowest BCUT2D eigenvalue weighted by molar-refractivity contribution is 0.590. The van der Waals surface area contributed by atoms with Crippen LogP contribution in [0.4, 0.5) is 0 Å². The van der Waals surface area contributed by atoms with E-state index in [1.54, 1.807) is 0 Å². The molecule has 0 unspecified atom stereocenters. The van der Waals surface area contributed by atoms with E-state index in [-0.39, 0.29) is 10.8 Å². The fourth-order valence-electron chi connectivity index (χ4n) is 9.47. The van der Waals surface area contributed by atoms with Crippen LogP contribution in [-0.2, 0) is 10.8 Å². The highest BCUT2D eigenvalue weighted by molar-refractivity contribution is 6.12. The second-order valence-electron chi connectivity index (χ2n) is 19.1. The quantitative estimate of drug-likeness (QED) is 0.167. The van der Waals surface area contributed by atoms with Crippen molar-refractivity contribution in [3.05, 3.63) is 205 Å². The lowest BCUT2D eigenvalue weighted by Gasteiger charge is -2.21. The lowest BCUT2D eigenvalue weighted by atomic mass is 9.85. The molecule has 11 aromatic rings. The smallest absolute Gasteiger partial charge is 0.160 e. The van der Waals surface area contributed by atoms with Gasteiger partial charge < -0.3 is 9.13 Å². The van der Waals surface area contributed by atoms with Crippen molar-refractivity contribution in [2.75, 3.05) is 0 Å². The van der Waals surface area contributed by atoms with Crippen LogP contribution in [0.5, 0.6) is 0 Å². The molecule has 0 radical (unpaired) electrons. The van der Waals surface area contributed by atoms with Crippen molar-refractivity contribution in [2.24, 2.45) is 0 Å². The van der Waals surface area contributed by atoms with Gasteiger partial charge in [-0.2, -0.15) is 0 Å². The van der Waals surface area contributed by atoms with Crippen molar-refractivity contribution in [2.45, 2.75) is 52.4 Å². The number of hydrogen-bond donors (Lipinski definition) is 0. The number of benzene rings is 8. The zero-order valence-electron chi connectivity index (χ0n) is 37.3. The van der Waals surface area contributed by atoms with Crippen LogP contribution in [-0.4, -0.2) is 19.1 Å². The fraction of sp³-hybridized carbons (Fsp3) is 0.133. The SMILES string of the molecule is CC(C)(C)c1ccc2c(c1)c1cc(C(C)(C)C)ccc1n2-c1ccc(-c2nc(-c3ccccc3)cc(-c3ccccc3)n2)cc1-c1ccccc1-n1c2ccccc2c2ccccc21. The molecule has 4 heteroatoms. The van der Waals surface area contributed by atoms with Gasteiger partial charge in [0.1, 0.15) is 0 Å². The summed E-state index contributed by atoms with van der Waals surface area (Å²) in [6.07, 6.45) is 0. The second kappa shape index (κ2) is 15.1. The Balaban J connectivity index is 1.24. The predicted molar refractivity (Wildman–Crippen MR) is 270 cm³/mol. The highest BCUT2D eigenvalue weighted by atomic mass is 15.0. The zero-order chi connectivity index (χ0) is 43.7. The van der Waals surface area contributed by atoms with E-state index in [9.17, 15) is 0 Å². The topological polar surface area (TPSA) is 35.6 Å². The van der Waals surface area contributed by atoms with Crippen LogP contribution in [0.15, 0.2) is 194 Å². The van der Waals surface area contributed by atoms with Crippen LogP contribution < -0.4 is 0 Å². The van der Waals surface area contributed by atoms with Crippen LogP contribution in [0.25, 0.3) is 100 Å². The summed E-state index contributed by atoms with van der Waals surface area (Å²) in [6.45, 7) is 13.8. The Morgan fingerprint density at radius 3 is 1.28 bits per heavy atom. The van der Waals surface area contributed by atoms with Crippen LogP contribution >= 0.6 is 0 Å². The van der Waals surface area contributed by atoms with Crippen molar-refractivity contribution in [3.8, 4) is 56.4 Å². The van der Waals surface area contributed by atoms with Gasteiger partial charge in [-0.15, -0.1) is 0 Å². The molecule has 0 amide bonds. The molecule has 310 valence electrons. The summed E-state index contributed by atoms with van der Waals surface area (Å²) in [4.78, 5) is 10.6. The molecule has 3 aromatic heterocycles. The minimum Gasteiger partial charge on any atom is -0.309 e. The van der Waals surface area contributed by atoms with Crippen molar-refractivity contribution >= 4 is 43.6 Å². The van der Waals surface area contributed by atoms with Gasteiger partial charge in [0.05, 0.1) is 44.8 Å². The first-order valence-electron chi connectivity index (χ1n) is 22.3. The highest BCUT2D eigenvalue weighted by Crippen LogP contribution is 2.44. The Labute approximate surface area is 375 Å². The molecular weight excluding hydrogens is 777 g/mol. The molecule has 4 nitrogen and oxygen atoms in total. The first-order chi connectivity index (χ1) is 31.0. The van der Waals surface area contributed by atoms with E-state index in [0.717, 1.165) is 50.6 Å². The van der Waals surface area contributed by atoms with Gasteiger partial charge in [-0.1, -0.05) is 169 Å². The van der Waals surface area contributed by atoms with Crippen LogP contribution in [0.3, 0.4) is 0 Å². The number of aromatic nitrogens is 4. The van der Waals surface area contributed by atoms with E-state index in [1.807, 2.05) is 12.1 Å². The Bertz CT molecular complexity index is 3380. The number of rotatable bonds is 6. The van der Waals surface area contributed by atoms with Gasteiger partial charge in [-0.3, -0.25) is 0 Å². The predicted octanol–water partition coefficient (Wildman–Crippen LogP) is 15.9. The molecule has 0 aliphatic carbocycles. The maximum Gasteiger partial charge on any atom is 0.160 e. The largest absolute Gasteiger partial charge is 0.309 e. The summed E-state index contributed by atoms with van der Waals surface area (Å²) in [6, 6.07) is 70.3. The first kappa shape index (κ1) is 39.3. The molecule has 0 saturated carbocycles. The molecule has 0 atom stereocenters. The molecule has 11 rings (SSSR count). The van der Waals surface area contributed by atoms with Crippen LogP contribution in [0.2, 0.25) is 0 Å². The summed E-state index contributed by atoms with van der Waals surface area (Å²) in [5.74, 6) is 0.675. The van der Waals surface area contributed by atoms with Crippen molar-refractivity contribution in [3.63, 3.8) is 0 Å². The Hall–Kier alpha value is -7.56. The molecule has 0 aliphatic rings. The third kappa shape index (κ3) is 6.69. The van der Waals surface area contributed by atoms with E-state index >= 15 is 0 Å². The van der Waals surface area contributed by atoms with Crippen molar-refractivity contribution in [1.29, 1.82) is 0 Å². The van der Waals surface area contributed by atoms with Gasteiger partial charge in [0.15, 0.2) is 5.82 Å². The van der Waals surface area contributed by atoms with Gasteiger partial charge in [-0.05, 0) is 88.7 Å². The van der Waals surface area contributed by atoms with Gasteiger partial charge in [-0.25, -0.2) is 9.97 Å². The number of para-hydroxylation sites is 3. The zero-order valence-corrected chi connectivity index (χ0v) is 37.3. The summed E-state index contributed by atoms with van der Waals surface area (Å²) in [5, 5.41) is 4.97. The molecule has 0 bridgehead atoms. The van der Waals surface area contributed by atoms with E-state index in [4.69, 9.17) is 9.97 Å². The van der Waals surface area contributed by atoms with Gasteiger partial charge in [0.2, 0.25) is 0 Å². The minimum atomic E-state index is -0.00873. The molecule has 0 N–H and O–H groups in total. The Kier molecular flexibility index (Phi) is 9.25. The molecular formula is C60H50N4. The number of fused-ring (bicyclic) bond motifs is 6. The van der Waals surface area contributed by atoms with E-state index in [0.29, 0.717) is 5.82 Å². The average molecular weight is 827 g/mol. The first-order valence-corrected chi connectivity index (χ1v) is 22.3. The van der Waals surface area contributed by atoms with Crippen LogP contribution in [0.1, 0.15) is 52.7 Å². The molecule has 0 aliphatic heterocycles. The van der Waals surface area contributed by atoms with E-state index < -0.39 is 0 Å².